The van der Waals surface area contributed by atoms with Crippen LogP contribution in [0.2, 0.25) is 0 Å². The van der Waals surface area contributed by atoms with Gasteiger partial charge in [0, 0.05) is 3.57 Å². The van der Waals surface area contributed by atoms with Gasteiger partial charge in [-0.2, -0.15) is 8.78 Å². The van der Waals surface area contributed by atoms with Crippen molar-refractivity contribution in [3.8, 4) is 5.75 Å². The van der Waals surface area contributed by atoms with Crippen molar-refractivity contribution in [1.82, 2.24) is 0 Å². The molecule has 9 heteroatoms. The number of halogens is 4. The van der Waals surface area contributed by atoms with Gasteiger partial charge in [-0.1, -0.05) is 13.8 Å². The number of carboxylic acids is 1. The maximum atomic E-state index is 14.0. The molecule has 0 aliphatic rings. The molecule has 1 rings (SSSR count). The Labute approximate surface area is 158 Å². The summed E-state index contributed by atoms with van der Waals surface area (Å²) in [4.78, 5) is 23.1. The molecule has 0 bridgehead atoms. The maximum absolute atomic E-state index is 14.0. The van der Waals surface area contributed by atoms with Crippen LogP contribution in [0.15, 0.2) is 12.1 Å². The van der Waals surface area contributed by atoms with Gasteiger partial charge in [0.25, 0.3) is 0 Å². The molecule has 1 unspecified atom stereocenters. The third kappa shape index (κ3) is 3.86. The first-order valence-electron chi connectivity index (χ1n) is 6.37. The van der Waals surface area contributed by atoms with E-state index in [2.05, 4.69) is 0 Å². The first kappa shape index (κ1) is 20.3. The van der Waals surface area contributed by atoms with E-state index in [1.54, 1.807) is 28.7 Å². The number of alkyl halides is 2. The van der Waals surface area contributed by atoms with Crippen molar-refractivity contribution in [2.45, 2.75) is 32.3 Å². The highest BCUT2D eigenvalue weighted by Crippen LogP contribution is 2.40. The number of esters is 1. The molecular formula is C14H14F2I2O5. The maximum Gasteiger partial charge on any atom is 0.381 e. The van der Waals surface area contributed by atoms with E-state index in [-0.39, 0.29) is 5.56 Å². The predicted octanol–water partition coefficient (Wildman–Crippen LogP) is 3.89. The van der Waals surface area contributed by atoms with Crippen molar-refractivity contribution in [3.05, 3.63) is 24.8 Å². The summed E-state index contributed by atoms with van der Waals surface area (Å²) in [6.45, 7) is 3.50. The number of phenols is 1. The standard InChI is InChI=1S/C14H14F2I2O5/c1-6(2)13(3,14(15,16)12(21)22)23-11(20)8-4-7(17)5-9(18)10(8)19/h4-6,19H,1-3H3,(H,21,22). The van der Waals surface area contributed by atoms with E-state index < -0.39 is 35.1 Å². The van der Waals surface area contributed by atoms with E-state index >= 15 is 0 Å². The minimum Gasteiger partial charge on any atom is -0.506 e. The molecule has 0 spiro atoms. The molecule has 0 heterocycles. The van der Waals surface area contributed by atoms with E-state index in [4.69, 9.17) is 9.84 Å². The van der Waals surface area contributed by atoms with Crippen molar-refractivity contribution in [2.24, 2.45) is 5.92 Å². The van der Waals surface area contributed by atoms with Crippen molar-refractivity contribution >= 4 is 57.1 Å². The zero-order chi connectivity index (χ0) is 18.2. The van der Waals surface area contributed by atoms with Crippen molar-refractivity contribution in [1.29, 1.82) is 0 Å². The van der Waals surface area contributed by atoms with Gasteiger partial charge in [0.15, 0.2) is 5.60 Å². The lowest BCUT2D eigenvalue weighted by Crippen LogP contribution is -2.57. The molecule has 0 radical (unpaired) electrons. The lowest BCUT2D eigenvalue weighted by Gasteiger charge is -2.37. The summed E-state index contributed by atoms with van der Waals surface area (Å²) >= 11 is 3.67. The molecule has 0 aromatic heterocycles. The summed E-state index contributed by atoms with van der Waals surface area (Å²) < 4.78 is 33.9. The number of aliphatic carboxylic acids is 1. The van der Waals surface area contributed by atoms with Gasteiger partial charge >= 0.3 is 17.9 Å². The Bertz CT molecular complexity index is 648. The van der Waals surface area contributed by atoms with Gasteiger partial charge in [0.2, 0.25) is 0 Å². The number of hydrogen-bond acceptors (Lipinski definition) is 4. The van der Waals surface area contributed by atoms with Crippen LogP contribution in [-0.2, 0) is 9.53 Å². The average molecular weight is 554 g/mol. The Kier molecular flexibility index (Phi) is 6.21. The molecule has 0 aliphatic carbocycles. The number of ether oxygens (including phenoxy) is 1. The monoisotopic (exact) mass is 554 g/mol. The Morgan fingerprint density at radius 3 is 2.22 bits per heavy atom. The van der Waals surface area contributed by atoms with Gasteiger partial charge in [0.1, 0.15) is 11.3 Å². The van der Waals surface area contributed by atoms with Crippen LogP contribution >= 0.6 is 45.2 Å². The summed E-state index contributed by atoms with van der Waals surface area (Å²) in [6.07, 6.45) is 0. The van der Waals surface area contributed by atoms with Gasteiger partial charge in [-0.3, -0.25) is 0 Å². The fraction of sp³-hybridized carbons (Fsp3) is 0.429. The lowest BCUT2D eigenvalue weighted by molar-refractivity contribution is -0.214. The van der Waals surface area contributed by atoms with Crippen molar-refractivity contribution in [3.63, 3.8) is 0 Å². The van der Waals surface area contributed by atoms with Crippen molar-refractivity contribution in [2.75, 3.05) is 0 Å². The minimum absolute atomic E-state index is 0.297. The Morgan fingerprint density at radius 1 is 1.26 bits per heavy atom. The number of carbonyl (C=O) groups is 2. The number of aromatic hydroxyl groups is 1. The number of rotatable bonds is 5. The summed E-state index contributed by atoms with van der Waals surface area (Å²) in [6, 6.07) is 2.86. The molecule has 2 N–H and O–H groups in total. The minimum atomic E-state index is -4.29. The Balaban J connectivity index is 3.32. The largest absolute Gasteiger partial charge is 0.506 e. The van der Waals surface area contributed by atoms with Crippen LogP contribution in [0.5, 0.6) is 5.75 Å². The van der Waals surface area contributed by atoms with Crippen molar-refractivity contribution < 1.29 is 33.3 Å². The summed E-state index contributed by atoms with van der Waals surface area (Å²) in [5.74, 6) is -9.28. The molecule has 23 heavy (non-hydrogen) atoms. The Morgan fingerprint density at radius 2 is 1.78 bits per heavy atom. The SMILES string of the molecule is CC(C)C(C)(OC(=O)c1cc(I)cc(I)c1O)C(F)(F)C(=O)O. The van der Waals surface area contributed by atoms with Crippen LogP contribution < -0.4 is 0 Å². The fourth-order valence-corrected chi connectivity index (χ4v) is 3.57. The lowest BCUT2D eigenvalue weighted by atomic mass is 9.85. The highest BCUT2D eigenvalue weighted by molar-refractivity contribution is 14.1. The number of phenolic OH excluding ortho intramolecular Hbond substituents is 1. The van der Waals surface area contributed by atoms with Crippen LogP contribution in [-0.4, -0.2) is 33.7 Å². The zero-order valence-electron chi connectivity index (χ0n) is 12.4. The molecule has 0 saturated carbocycles. The van der Waals surface area contributed by atoms with E-state index in [9.17, 15) is 23.5 Å². The second-order valence-electron chi connectivity index (χ2n) is 5.31. The van der Waals surface area contributed by atoms with Gasteiger partial charge in [-0.25, -0.2) is 9.59 Å². The second-order valence-corrected chi connectivity index (χ2v) is 7.72. The molecule has 0 amide bonds. The zero-order valence-corrected chi connectivity index (χ0v) is 16.7. The van der Waals surface area contributed by atoms with Crippen LogP contribution in [0.3, 0.4) is 0 Å². The molecule has 0 fully saturated rings. The summed E-state index contributed by atoms with van der Waals surface area (Å²) in [5, 5.41) is 18.7. The van der Waals surface area contributed by atoms with Crippen LogP contribution in [0, 0.1) is 13.1 Å². The van der Waals surface area contributed by atoms with Gasteiger partial charge in [-0.15, -0.1) is 0 Å². The molecule has 5 nitrogen and oxygen atoms in total. The second kappa shape index (κ2) is 7.03. The highest BCUT2D eigenvalue weighted by atomic mass is 127. The molecule has 1 aromatic rings. The normalized spacial score (nSPS) is 14.4. The van der Waals surface area contributed by atoms with E-state index in [0.29, 0.717) is 7.14 Å². The van der Waals surface area contributed by atoms with Gasteiger partial charge in [-0.05, 0) is 70.2 Å². The van der Waals surface area contributed by atoms with E-state index in [1.165, 1.54) is 19.9 Å². The molecule has 128 valence electrons. The number of carbonyl (C=O) groups excluding carboxylic acids is 1. The van der Waals surface area contributed by atoms with E-state index in [0.717, 1.165) is 6.92 Å². The molecule has 1 aromatic carbocycles. The quantitative estimate of drug-likeness (QED) is 0.427. The third-order valence-electron chi connectivity index (χ3n) is 3.55. The number of hydrogen-bond donors (Lipinski definition) is 2. The van der Waals surface area contributed by atoms with Crippen LogP contribution in [0.25, 0.3) is 0 Å². The van der Waals surface area contributed by atoms with E-state index in [1.807, 2.05) is 22.6 Å². The molecule has 1 atom stereocenters. The molecule has 0 saturated heterocycles. The Hall–Kier alpha value is -0.720. The topological polar surface area (TPSA) is 83.8 Å². The number of carboxylic acid groups (broad SMARTS) is 1. The van der Waals surface area contributed by atoms with Crippen LogP contribution in [0.1, 0.15) is 31.1 Å². The smallest absolute Gasteiger partial charge is 0.381 e. The summed E-state index contributed by atoms with van der Waals surface area (Å²) in [5.41, 5.74) is -2.87. The highest BCUT2D eigenvalue weighted by Gasteiger charge is 2.61. The molecule has 0 aliphatic heterocycles. The van der Waals surface area contributed by atoms with Gasteiger partial charge < -0.3 is 14.9 Å². The summed E-state index contributed by atoms with van der Waals surface area (Å²) in [7, 11) is 0. The predicted molar refractivity (Wildman–Crippen MR) is 94.8 cm³/mol. The first-order valence-corrected chi connectivity index (χ1v) is 8.53. The van der Waals surface area contributed by atoms with Crippen LogP contribution in [0.4, 0.5) is 8.78 Å². The fourth-order valence-electron chi connectivity index (χ4n) is 1.73. The first-order chi connectivity index (χ1) is 10.3. The van der Waals surface area contributed by atoms with Gasteiger partial charge in [0.05, 0.1) is 3.57 Å². The number of benzene rings is 1. The molecular weight excluding hydrogens is 540 g/mol. The average Bonchev–Trinajstić information content (AvgIpc) is 2.41. The third-order valence-corrected chi connectivity index (χ3v) is 4.99.